The second-order valence-corrected chi connectivity index (χ2v) is 6.08. The minimum Gasteiger partial charge on any atom is -0.466 e. The molecule has 0 saturated heterocycles. The van der Waals surface area contributed by atoms with Gasteiger partial charge in [-0.05, 0) is 30.3 Å². The SMILES string of the molecule is O=c1cc(-c2cc(Br)cc3c2OCOC3)oc2ccc(F)cc12. The molecule has 23 heavy (non-hydrogen) atoms. The summed E-state index contributed by atoms with van der Waals surface area (Å²) < 4.78 is 30.8. The van der Waals surface area contributed by atoms with E-state index < -0.39 is 5.82 Å². The van der Waals surface area contributed by atoms with Gasteiger partial charge in [-0.1, -0.05) is 15.9 Å². The minimum absolute atomic E-state index is 0.144. The third-order valence-electron chi connectivity index (χ3n) is 3.63. The Labute approximate surface area is 138 Å². The Bertz CT molecular complexity index is 980. The van der Waals surface area contributed by atoms with Gasteiger partial charge in [0.05, 0.1) is 17.6 Å². The highest BCUT2D eigenvalue weighted by Gasteiger charge is 2.20. The molecule has 1 aliphatic rings. The van der Waals surface area contributed by atoms with E-state index >= 15 is 0 Å². The first kappa shape index (κ1) is 14.4. The highest BCUT2D eigenvalue weighted by atomic mass is 79.9. The van der Waals surface area contributed by atoms with Gasteiger partial charge in [0.15, 0.2) is 12.2 Å². The first-order chi connectivity index (χ1) is 11.1. The second kappa shape index (κ2) is 5.47. The predicted molar refractivity (Wildman–Crippen MR) is 85.9 cm³/mol. The van der Waals surface area contributed by atoms with Crippen LogP contribution in [0.5, 0.6) is 5.75 Å². The van der Waals surface area contributed by atoms with E-state index in [1.54, 1.807) is 0 Å². The highest BCUT2D eigenvalue weighted by Crippen LogP contribution is 2.38. The maximum absolute atomic E-state index is 13.3. The molecule has 116 valence electrons. The summed E-state index contributed by atoms with van der Waals surface area (Å²) >= 11 is 3.44. The van der Waals surface area contributed by atoms with Crippen LogP contribution in [0, 0.1) is 5.82 Å². The monoisotopic (exact) mass is 376 g/mol. The van der Waals surface area contributed by atoms with Crippen LogP contribution in [-0.4, -0.2) is 6.79 Å². The number of benzene rings is 2. The standard InChI is InChI=1S/C17H10BrFO4/c18-10-3-9-7-21-8-22-17(9)13(4-10)16-6-14(20)12-5-11(19)1-2-15(12)23-16/h1-6H,7-8H2. The van der Waals surface area contributed by atoms with Gasteiger partial charge < -0.3 is 13.9 Å². The zero-order chi connectivity index (χ0) is 16.0. The van der Waals surface area contributed by atoms with Crippen molar-refractivity contribution < 1.29 is 18.3 Å². The van der Waals surface area contributed by atoms with E-state index in [0.29, 0.717) is 29.3 Å². The Hall–Kier alpha value is -2.18. The molecule has 0 unspecified atom stereocenters. The fraction of sp³-hybridized carbons (Fsp3) is 0.118. The largest absolute Gasteiger partial charge is 0.466 e. The zero-order valence-electron chi connectivity index (χ0n) is 11.8. The van der Waals surface area contributed by atoms with Crippen LogP contribution in [0.15, 0.2) is 50.1 Å². The van der Waals surface area contributed by atoms with E-state index in [0.717, 1.165) is 10.0 Å². The number of rotatable bonds is 1. The normalized spacial score (nSPS) is 13.7. The molecule has 1 aromatic heterocycles. The maximum atomic E-state index is 13.3. The van der Waals surface area contributed by atoms with Gasteiger partial charge in [0, 0.05) is 16.1 Å². The average molecular weight is 377 g/mol. The summed E-state index contributed by atoms with van der Waals surface area (Å²) in [5, 5.41) is 0.210. The molecular formula is C17H10BrFO4. The molecule has 6 heteroatoms. The van der Waals surface area contributed by atoms with E-state index in [-0.39, 0.29) is 17.6 Å². The van der Waals surface area contributed by atoms with Crippen molar-refractivity contribution in [2.75, 3.05) is 6.79 Å². The van der Waals surface area contributed by atoms with E-state index in [9.17, 15) is 9.18 Å². The topological polar surface area (TPSA) is 48.7 Å². The van der Waals surface area contributed by atoms with E-state index in [2.05, 4.69) is 15.9 Å². The minimum atomic E-state index is -0.474. The molecule has 3 aromatic rings. The fourth-order valence-electron chi connectivity index (χ4n) is 2.62. The summed E-state index contributed by atoms with van der Waals surface area (Å²) in [4.78, 5) is 12.3. The molecular weight excluding hydrogens is 367 g/mol. The summed E-state index contributed by atoms with van der Waals surface area (Å²) in [5.74, 6) is 0.524. The summed E-state index contributed by atoms with van der Waals surface area (Å²) in [6.07, 6.45) is 0. The molecule has 0 bridgehead atoms. The van der Waals surface area contributed by atoms with Gasteiger partial charge in [-0.2, -0.15) is 0 Å². The van der Waals surface area contributed by atoms with Crippen molar-refractivity contribution in [3.05, 3.63) is 62.5 Å². The van der Waals surface area contributed by atoms with Crippen molar-refractivity contribution in [1.29, 1.82) is 0 Å². The molecule has 0 radical (unpaired) electrons. The van der Waals surface area contributed by atoms with E-state index in [4.69, 9.17) is 13.9 Å². The van der Waals surface area contributed by atoms with Crippen molar-refractivity contribution in [3.8, 4) is 17.1 Å². The Balaban J connectivity index is 1.98. The lowest BCUT2D eigenvalue weighted by molar-refractivity contribution is -0.0160. The van der Waals surface area contributed by atoms with Crippen molar-refractivity contribution in [2.45, 2.75) is 6.61 Å². The van der Waals surface area contributed by atoms with Gasteiger partial charge >= 0.3 is 0 Å². The van der Waals surface area contributed by atoms with Crippen LogP contribution in [0.2, 0.25) is 0 Å². The van der Waals surface area contributed by atoms with Crippen LogP contribution in [0.3, 0.4) is 0 Å². The zero-order valence-corrected chi connectivity index (χ0v) is 13.4. The Morgan fingerprint density at radius 1 is 1.13 bits per heavy atom. The second-order valence-electron chi connectivity index (χ2n) is 5.17. The number of ether oxygens (including phenoxy) is 2. The third kappa shape index (κ3) is 2.54. The van der Waals surface area contributed by atoms with Crippen LogP contribution in [-0.2, 0) is 11.3 Å². The molecule has 0 saturated carbocycles. The van der Waals surface area contributed by atoms with Crippen molar-refractivity contribution in [3.63, 3.8) is 0 Å². The smallest absolute Gasteiger partial charge is 0.193 e. The maximum Gasteiger partial charge on any atom is 0.193 e. The van der Waals surface area contributed by atoms with Crippen LogP contribution < -0.4 is 10.2 Å². The Morgan fingerprint density at radius 3 is 2.87 bits per heavy atom. The molecule has 0 amide bonds. The molecule has 2 heterocycles. The molecule has 4 rings (SSSR count). The molecule has 2 aromatic carbocycles. The summed E-state index contributed by atoms with van der Waals surface area (Å²) in [5.41, 5.74) is 1.54. The van der Waals surface area contributed by atoms with Gasteiger partial charge in [-0.25, -0.2) is 4.39 Å². The van der Waals surface area contributed by atoms with Gasteiger partial charge in [0.1, 0.15) is 22.9 Å². The number of hydrogen-bond acceptors (Lipinski definition) is 4. The lowest BCUT2D eigenvalue weighted by Crippen LogP contribution is -2.12. The predicted octanol–water partition coefficient (Wildman–Crippen LogP) is 4.23. The number of fused-ring (bicyclic) bond motifs is 2. The summed E-state index contributed by atoms with van der Waals surface area (Å²) in [6, 6.07) is 8.94. The Kier molecular flexibility index (Phi) is 3.43. The quantitative estimate of drug-likeness (QED) is 0.637. The van der Waals surface area contributed by atoms with Crippen LogP contribution in [0.25, 0.3) is 22.3 Å². The lowest BCUT2D eigenvalue weighted by atomic mass is 10.1. The van der Waals surface area contributed by atoms with Crippen LogP contribution >= 0.6 is 15.9 Å². The average Bonchev–Trinajstić information content (AvgIpc) is 2.54. The lowest BCUT2D eigenvalue weighted by Gasteiger charge is -2.20. The van der Waals surface area contributed by atoms with E-state index in [1.165, 1.54) is 24.3 Å². The van der Waals surface area contributed by atoms with Gasteiger partial charge in [-0.3, -0.25) is 4.79 Å². The number of hydrogen-bond donors (Lipinski definition) is 0. The first-order valence-corrected chi connectivity index (χ1v) is 7.68. The van der Waals surface area contributed by atoms with Crippen LogP contribution in [0.4, 0.5) is 4.39 Å². The van der Waals surface area contributed by atoms with Gasteiger partial charge in [0.2, 0.25) is 0 Å². The summed E-state index contributed by atoms with van der Waals surface area (Å²) in [7, 11) is 0. The molecule has 0 spiro atoms. The summed E-state index contributed by atoms with van der Waals surface area (Å²) in [6.45, 7) is 0.565. The highest BCUT2D eigenvalue weighted by molar-refractivity contribution is 9.10. The molecule has 4 nitrogen and oxygen atoms in total. The Morgan fingerprint density at radius 2 is 2.00 bits per heavy atom. The molecule has 0 N–H and O–H groups in total. The van der Waals surface area contributed by atoms with Crippen molar-refractivity contribution in [1.82, 2.24) is 0 Å². The van der Waals surface area contributed by atoms with Crippen molar-refractivity contribution in [2.24, 2.45) is 0 Å². The molecule has 0 atom stereocenters. The molecule has 0 fully saturated rings. The fourth-order valence-corrected chi connectivity index (χ4v) is 3.13. The van der Waals surface area contributed by atoms with Gasteiger partial charge in [0.25, 0.3) is 0 Å². The van der Waals surface area contributed by atoms with E-state index in [1.807, 2.05) is 12.1 Å². The van der Waals surface area contributed by atoms with Gasteiger partial charge in [-0.15, -0.1) is 0 Å². The first-order valence-electron chi connectivity index (χ1n) is 6.88. The number of halogens is 2. The molecule has 0 aliphatic carbocycles. The van der Waals surface area contributed by atoms with Crippen LogP contribution in [0.1, 0.15) is 5.56 Å². The molecule has 1 aliphatic heterocycles. The third-order valence-corrected chi connectivity index (χ3v) is 4.09. The van der Waals surface area contributed by atoms with Crippen molar-refractivity contribution >= 4 is 26.9 Å².